The number of hydrogen-bond acceptors (Lipinski definition) is 6. The van der Waals surface area contributed by atoms with E-state index in [1.165, 1.54) is 4.90 Å². The first-order chi connectivity index (χ1) is 15.0. The number of rotatable bonds is 7. The van der Waals surface area contributed by atoms with Gasteiger partial charge < -0.3 is 14.8 Å². The highest BCUT2D eigenvalue weighted by Gasteiger charge is 2.33. The van der Waals surface area contributed by atoms with Crippen molar-refractivity contribution in [1.82, 2.24) is 4.98 Å². The summed E-state index contributed by atoms with van der Waals surface area (Å²) >= 11 is 1.57. The molecule has 1 aliphatic heterocycles. The van der Waals surface area contributed by atoms with E-state index < -0.39 is 6.10 Å². The number of methoxy groups -OCH3 is 1. The van der Waals surface area contributed by atoms with Gasteiger partial charge in [0.1, 0.15) is 12.3 Å². The fourth-order valence-electron chi connectivity index (χ4n) is 3.34. The van der Waals surface area contributed by atoms with E-state index in [0.717, 1.165) is 22.7 Å². The minimum atomic E-state index is -0.664. The van der Waals surface area contributed by atoms with Gasteiger partial charge in [0.25, 0.3) is 5.91 Å². The number of hydrogen-bond donors (Lipinski definition) is 1. The highest BCUT2D eigenvalue weighted by atomic mass is 32.1. The van der Waals surface area contributed by atoms with E-state index in [0.29, 0.717) is 23.7 Å². The zero-order valence-electron chi connectivity index (χ0n) is 17.3. The van der Waals surface area contributed by atoms with Crippen LogP contribution in [0.25, 0.3) is 11.3 Å². The number of carbonyl (C=O) groups excluding carboxylic acids is 2. The molecule has 1 aliphatic rings. The molecule has 0 fully saturated rings. The van der Waals surface area contributed by atoms with Crippen molar-refractivity contribution in [2.75, 3.05) is 30.5 Å². The molecule has 0 saturated heterocycles. The molecule has 8 heteroatoms. The van der Waals surface area contributed by atoms with E-state index in [9.17, 15) is 9.59 Å². The quantitative estimate of drug-likeness (QED) is 0.609. The lowest BCUT2D eigenvalue weighted by Gasteiger charge is -2.32. The molecule has 1 unspecified atom stereocenters. The maximum absolute atomic E-state index is 12.8. The normalized spacial score (nSPS) is 15.4. The zero-order chi connectivity index (χ0) is 21.8. The van der Waals surface area contributed by atoms with E-state index in [2.05, 4.69) is 10.3 Å². The number of carbonyl (C=O) groups is 2. The van der Waals surface area contributed by atoms with Crippen LogP contribution in [0.4, 0.5) is 11.4 Å². The SMILES string of the molecule is COCCc1nc(-c2ccc3c(c2)N(CC(=O)Nc2ccccc2)C(=O)C(C)O3)cs1. The molecule has 1 aromatic heterocycles. The van der Waals surface area contributed by atoms with E-state index in [1.807, 2.05) is 41.8 Å². The summed E-state index contributed by atoms with van der Waals surface area (Å²) in [6.07, 6.45) is 0.0829. The van der Waals surface area contributed by atoms with Crippen molar-refractivity contribution in [2.45, 2.75) is 19.4 Å². The van der Waals surface area contributed by atoms with Gasteiger partial charge in [0.05, 0.1) is 23.0 Å². The Labute approximate surface area is 184 Å². The molecular weight excluding hydrogens is 414 g/mol. The van der Waals surface area contributed by atoms with Crippen molar-refractivity contribution < 1.29 is 19.1 Å². The monoisotopic (exact) mass is 437 g/mol. The highest BCUT2D eigenvalue weighted by molar-refractivity contribution is 7.09. The van der Waals surface area contributed by atoms with E-state index in [1.54, 1.807) is 37.5 Å². The Balaban J connectivity index is 1.59. The van der Waals surface area contributed by atoms with Gasteiger partial charge in [-0.3, -0.25) is 14.5 Å². The van der Waals surface area contributed by atoms with Crippen molar-refractivity contribution >= 4 is 34.5 Å². The second kappa shape index (κ2) is 9.28. The minimum absolute atomic E-state index is 0.103. The van der Waals surface area contributed by atoms with E-state index in [-0.39, 0.29) is 18.4 Å². The van der Waals surface area contributed by atoms with Crippen LogP contribution in [0, 0.1) is 0 Å². The van der Waals surface area contributed by atoms with Crippen LogP contribution in [0.3, 0.4) is 0 Å². The van der Waals surface area contributed by atoms with Crippen LogP contribution in [-0.2, 0) is 20.7 Å². The number of anilines is 2. The van der Waals surface area contributed by atoms with Gasteiger partial charge in [0.2, 0.25) is 5.91 Å². The van der Waals surface area contributed by atoms with E-state index >= 15 is 0 Å². The standard InChI is InChI=1S/C23H23N3O4S/c1-15-23(28)26(13-21(27)24-17-6-4-3-5-7-17)19-12-16(8-9-20(19)30-15)18-14-31-22(25-18)10-11-29-2/h3-9,12,14-15H,10-11,13H2,1-2H3,(H,24,27). The molecule has 31 heavy (non-hydrogen) atoms. The van der Waals surface area contributed by atoms with Crippen LogP contribution in [0.1, 0.15) is 11.9 Å². The summed E-state index contributed by atoms with van der Waals surface area (Å²) in [5, 5.41) is 5.79. The topological polar surface area (TPSA) is 80.8 Å². The first-order valence-corrected chi connectivity index (χ1v) is 10.8. The molecule has 1 N–H and O–H groups in total. The summed E-state index contributed by atoms with van der Waals surface area (Å²) in [5.41, 5.74) is 2.92. The molecule has 0 aliphatic carbocycles. The van der Waals surface area contributed by atoms with Gasteiger partial charge in [-0.2, -0.15) is 0 Å². The summed E-state index contributed by atoms with van der Waals surface area (Å²) in [4.78, 5) is 31.6. The summed E-state index contributed by atoms with van der Waals surface area (Å²) in [6, 6.07) is 14.8. The van der Waals surface area contributed by atoms with Gasteiger partial charge in [0, 0.05) is 30.2 Å². The molecule has 4 rings (SSSR count). The number of fused-ring (bicyclic) bond motifs is 1. The Hall–Kier alpha value is -3.23. The number of nitrogens with one attached hydrogen (secondary N) is 1. The predicted molar refractivity (Wildman–Crippen MR) is 121 cm³/mol. The molecule has 2 aromatic carbocycles. The number of aromatic nitrogens is 1. The molecule has 0 radical (unpaired) electrons. The van der Waals surface area contributed by atoms with Gasteiger partial charge in [0.15, 0.2) is 6.10 Å². The number of amides is 2. The molecule has 2 amide bonds. The van der Waals surface area contributed by atoms with Crippen LogP contribution in [-0.4, -0.2) is 43.2 Å². The van der Waals surface area contributed by atoms with Crippen LogP contribution < -0.4 is 15.0 Å². The van der Waals surface area contributed by atoms with Crippen molar-refractivity contribution in [1.29, 1.82) is 0 Å². The average Bonchev–Trinajstić information content (AvgIpc) is 3.25. The predicted octanol–water partition coefficient (Wildman–Crippen LogP) is 3.75. The number of thiazole rings is 1. The van der Waals surface area contributed by atoms with Crippen LogP contribution >= 0.6 is 11.3 Å². The van der Waals surface area contributed by atoms with Gasteiger partial charge >= 0.3 is 0 Å². The Bertz CT molecular complexity index is 1080. The Morgan fingerprint density at radius 2 is 2.06 bits per heavy atom. The lowest BCUT2D eigenvalue weighted by Crippen LogP contribution is -2.47. The fraction of sp³-hybridized carbons (Fsp3) is 0.261. The Kier molecular flexibility index (Phi) is 6.29. The van der Waals surface area contributed by atoms with Crippen molar-refractivity contribution in [3.8, 4) is 17.0 Å². The molecular formula is C23H23N3O4S. The molecule has 1 atom stereocenters. The lowest BCUT2D eigenvalue weighted by molar-refractivity contribution is -0.127. The summed E-state index contributed by atoms with van der Waals surface area (Å²) in [7, 11) is 1.67. The number of ether oxygens (including phenoxy) is 2. The molecule has 0 saturated carbocycles. The van der Waals surface area contributed by atoms with Crippen LogP contribution in [0.2, 0.25) is 0 Å². The van der Waals surface area contributed by atoms with Crippen molar-refractivity contribution in [2.24, 2.45) is 0 Å². The Morgan fingerprint density at radius 1 is 1.26 bits per heavy atom. The number of nitrogens with zero attached hydrogens (tertiary/aromatic N) is 2. The molecule has 7 nitrogen and oxygen atoms in total. The smallest absolute Gasteiger partial charge is 0.268 e. The minimum Gasteiger partial charge on any atom is -0.479 e. The first-order valence-electron chi connectivity index (χ1n) is 9.96. The van der Waals surface area contributed by atoms with Gasteiger partial charge in [-0.25, -0.2) is 4.98 Å². The molecule has 0 spiro atoms. The van der Waals surface area contributed by atoms with Crippen molar-refractivity contribution in [3.63, 3.8) is 0 Å². The summed E-state index contributed by atoms with van der Waals surface area (Å²) in [6.45, 7) is 2.19. The number of benzene rings is 2. The molecule has 2 heterocycles. The maximum Gasteiger partial charge on any atom is 0.268 e. The second-order valence-electron chi connectivity index (χ2n) is 7.15. The lowest BCUT2D eigenvalue weighted by atomic mass is 10.1. The zero-order valence-corrected chi connectivity index (χ0v) is 18.1. The average molecular weight is 438 g/mol. The second-order valence-corrected chi connectivity index (χ2v) is 8.09. The van der Waals surface area contributed by atoms with E-state index in [4.69, 9.17) is 9.47 Å². The first kappa shape index (κ1) is 21.0. The molecule has 3 aromatic rings. The molecule has 0 bridgehead atoms. The third kappa shape index (κ3) is 4.76. The summed E-state index contributed by atoms with van der Waals surface area (Å²) < 4.78 is 10.9. The van der Waals surface area contributed by atoms with Gasteiger partial charge in [-0.05, 0) is 37.3 Å². The maximum atomic E-state index is 12.8. The van der Waals surface area contributed by atoms with Gasteiger partial charge in [-0.15, -0.1) is 11.3 Å². The third-order valence-corrected chi connectivity index (χ3v) is 5.80. The Morgan fingerprint density at radius 3 is 2.84 bits per heavy atom. The molecule has 160 valence electrons. The van der Waals surface area contributed by atoms with Gasteiger partial charge in [-0.1, -0.05) is 18.2 Å². The van der Waals surface area contributed by atoms with Crippen molar-refractivity contribution in [3.05, 3.63) is 58.9 Å². The largest absolute Gasteiger partial charge is 0.479 e. The third-order valence-electron chi connectivity index (χ3n) is 4.89. The summed E-state index contributed by atoms with van der Waals surface area (Å²) in [5.74, 6) is 0.0330. The van der Waals surface area contributed by atoms with Crippen LogP contribution in [0.15, 0.2) is 53.9 Å². The number of para-hydroxylation sites is 1. The highest BCUT2D eigenvalue weighted by Crippen LogP contribution is 2.37. The fourth-order valence-corrected chi connectivity index (χ4v) is 4.13. The van der Waals surface area contributed by atoms with Crippen LogP contribution in [0.5, 0.6) is 5.75 Å².